The Kier molecular flexibility index (Phi) is 12.8. The summed E-state index contributed by atoms with van der Waals surface area (Å²) in [4.78, 5) is 58.3. The van der Waals surface area contributed by atoms with Gasteiger partial charge in [0.15, 0.2) is 11.7 Å². The predicted molar refractivity (Wildman–Crippen MR) is 198 cm³/mol. The fourth-order valence-electron chi connectivity index (χ4n) is 6.44. The van der Waals surface area contributed by atoms with Crippen molar-refractivity contribution in [3.8, 4) is 5.75 Å². The lowest BCUT2D eigenvalue weighted by molar-refractivity contribution is -0.136. The topological polar surface area (TPSA) is 117 Å². The Balaban J connectivity index is 1.39. The van der Waals surface area contributed by atoms with Crippen molar-refractivity contribution < 1.29 is 23.9 Å². The van der Waals surface area contributed by atoms with Crippen LogP contribution in [0.15, 0.2) is 82.6 Å². The lowest BCUT2D eigenvalue weighted by Gasteiger charge is -2.33. The van der Waals surface area contributed by atoms with Crippen LogP contribution in [0.25, 0.3) is 0 Å². The molecule has 3 N–H and O–H groups in total. The highest BCUT2D eigenvalue weighted by Gasteiger charge is 2.49. The Morgan fingerprint density at radius 2 is 1.73 bits per heavy atom. The number of nitrogens with one attached hydrogen (secondary N) is 3. The SMILES string of the molecule is CCCCC1(CC)C(=O)[SH]c2cc(OCC(=O)N[C@@H](C(=O)NCC3CCNCC3)c3ccccc3)c(SC)cc2N(c2ccccc2)C1=O. The second kappa shape index (κ2) is 17.2. The molecule has 3 aromatic carbocycles. The van der Waals surface area contributed by atoms with Gasteiger partial charge < -0.3 is 20.7 Å². The van der Waals surface area contributed by atoms with Crippen LogP contribution in [0.2, 0.25) is 0 Å². The van der Waals surface area contributed by atoms with Gasteiger partial charge in [-0.3, -0.25) is 24.1 Å². The molecule has 2 aliphatic rings. The average Bonchev–Trinajstić information content (AvgIpc) is 3.22. The molecule has 0 bridgehead atoms. The van der Waals surface area contributed by atoms with Crippen LogP contribution in [0.5, 0.6) is 5.75 Å². The highest BCUT2D eigenvalue weighted by atomic mass is 32.2. The molecule has 49 heavy (non-hydrogen) atoms. The zero-order chi connectivity index (χ0) is 34.8. The summed E-state index contributed by atoms with van der Waals surface area (Å²) in [6, 6.07) is 21.4. The van der Waals surface area contributed by atoms with Crippen molar-refractivity contribution in [1.29, 1.82) is 0 Å². The molecule has 2 aliphatic heterocycles. The largest absolute Gasteiger partial charge is 0.483 e. The Labute approximate surface area is 297 Å². The molecule has 0 spiro atoms. The molecule has 0 aromatic heterocycles. The summed E-state index contributed by atoms with van der Waals surface area (Å²) in [6.07, 6.45) is 6.42. The number of amides is 3. The van der Waals surface area contributed by atoms with E-state index in [9.17, 15) is 19.2 Å². The first kappa shape index (κ1) is 36.5. The molecule has 0 aliphatic carbocycles. The summed E-state index contributed by atoms with van der Waals surface area (Å²) in [5, 5.41) is 9.13. The number of hydrogen-bond acceptors (Lipinski definition) is 7. The van der Waals surface area contributed by atoms with E-state index in [0.717, 1.165) is 43.7 Å². The van der Waals surface area contributed by atoms with Crippen molar-refractivity contribution in [2.75, 3.05) is 37.4 Å². The molecule has 11 heteroatoms. The first-order valence-electron chi connectivity index (χ1n) is 17.1. The monoisotopic (exact) mass is 703 g/mol. The minimum absolute atomic E-state index is 0.130. The molecule has 2 heterocycles. The van der Waals surface area contributed by atoms with Crippen LogP contribution in [0.4, 0.5) is 11.4 Å². The van der Waals surface area contributed by atoms with Crippen molar-refractivity contribution in [3.63, 3.8) is 0 Å². The van der Waals surface area contributed by atoms with E-state index in [-0.39, 0.29) is 23.5 Å². The highest BCUT2D eigenvalue weighted by Crippen LogP contribution is 2.51. The van der Waals surface area contributed by atoms with Crippen LogP contribution >= 0.6 is 23.5 Å². The van der Waals surface area contributed by atoms with Crippen LogP contribution < -0.4 is 25.6 Å². The van der Waals surface area contributed by atoms with E-state index in [0.29, 0.717) is 64.6 Å². The second-order valence-corrected chi connectivity index (χ2v) is 14.5. The quantitative estimate of drug-likeness (QED) is 0.0876. The summed E-state index contributed by atoms with van der Waals surface area (Å²) in [7, 11) is 0. The van der Waals surface area contributed by atoms with Crippen LogP contribution in [-0.4, -0.2) is 55.3 Å². The molecule has 2 atom stereocenters. The summed E-state index contributed by atoms with van der Waals surface area (Å²) in [5.41, 5.74) is 0.861. The first-order valence-corrected chi connectivity index (χ1v) is 19.3. The Hall–Kier alpha value is -3.80. The van der Waals surface area contributed by atoms with Gasteiger partial charge in [-0.1, -0.05) is 75.2 Å². The number of nitrogens with zero attached hydrogens (tertiary/aromatic N) is 1. The number of thiol groups is 1. The molecular formula is C38H47N4O5S2. The van der Waals surface area contributed by atoms with E-state index in [4.69, 9.17) is 4.74 Å². The molecule has 1 radical (unpaired) electrons. The van der Waals surface area contributed by atoms with Crippen molar-refractivity contribution in [1.82, 2.24) is 16.0 Å². The van der Waals surface area contributed by atoms with Gasteiger partial charge in [-0.2, -0.15) is 0 Å². The van der Waals surface area contributed by atoms with Gasteiger partial charge in [-0.05, 0) is 80.8 Å². The molecule has 0 saturated carbocycles. The highest BCUT2D eigenvalue weighted by molar-refractivity contribution is 8.14. The summed E-state index contributed by atoms with van der Waals surface area (Å²) in [6.45, 7) is 6.06. The van der Waals surface area contributed by atoms with Gasteiger partial charge >= 0.3 is 0 Å². The van der Waals surface area contributed by atoms with Crippen LogP contribution in [0.1, 0.15) is 64.0 Å². The number of rotatable bonds is 14. The van der Waals surface area contributed by atoms with Gasteiger partial charge in [0.1, 0.15) is 17.2 Å². The summed E-state index contributed by atoms with van der Waals surface area (Å²) in [5.74, 6) is -0.0968. The maximum Gasteiger partial charge on any atom is 0.258 e. The fourth-order valence-corrected chi connectivity index (χ4v) is 8.25. The van der Waals surface area contributed by atoms with E-state index in [1.54, 1.807) is 11.0 Å². The zero-order valence-electron chi connectivity index (χ0n) is 28.5. The minimum Gasteiger partial charge on any atom is -0.483 e. The van der Waals surface area contributed by atoms with Crippen LogP contribution in [0, 0.1) is 11.3 Å². The van der Waals surface area contributed by atoms with E-state index in [2.05, 4.69) is 22.9 Å². The predicted octanol–water partition coefficient (Wildman–Crippen LogP) is 6.38. The fraction of sp³-hybridized carbons (Fsp3) is 0.421. The van der Waals surface area contributed by atoms with Gasteiger partial charge in [0, 0.05) is 17.1 Å². The van der Waals surface area contributed by atoms with E-state index < -0.39 is 17.4 Å². The van der Waals surface area contributed by atoms with Crippen molar-refractivity contribution >= 4 is 57.7 Å². The normalized spacial score (nSPS) is 18.7. The molecule has 3 amide bonds. The van der Waals surface area contributed by atoms with Gasteiger partial charge in [0.05, 0.1) is 10.6 Å². The number of anilines is 2. The number of para-hydroxylation sites is 1. The number of piperidine rings is 1. The molecule has 1 fully saturated rings. The molecule has 1 saturated heterocycles. The lowest BCUT2D eigenvalue weighted by atomic mass is 9.79. The maximum absolute atomic E-state index is 14.5. The third kappa shape index (κ3) is 8.51. The third-order valence-corrected chi connectivity index (χ3v) is 11.4. The van der Waals surface area contributed by atoms with Gasteiger partial charge in [0.2, 0.25) is 11.8 Å². The molecule has 3 aromatic rings. The average molecular weight is 704 g/mol. The van der Waals surface area contributed by atoms with Gasteiger partial charge in [0.25, 0.3) is 5.91 Å². The second-order valence-electron chi connectivity index (χ2n) is 12.6. The number of unbranched alkanes of at least 4 members (excludes halogenated alkanes) is 1. The number of carbonyl (C=O) groups excluding carboxylic acids is 4. The Bertz CT molecular complexity index is 1620. The van der Waals surface area contributed by atoms with Crippen molar-refractivity contribution in [2.45, 2.75) is 68.2 Å². The van der Waals surface area contributed by atoms with Crippen molar-refractivity contribution in [3.05, 3.63) is 78.4 Å². The summed E-state index contributed by atoms with van der Waals surface area (Å²) >= 11 is 1.84. The number of carbonyl (C=O) groups is 4. The lowest BCUT2D eigenvalue weighted by Crippen LogP contribution is -2.44. The summed E-state index contributed by atoms with van der Waals surface area (Å²) < 4.78 is 6.12. The number of fused-ring (bicyclic) bond motifs is 1. The molecule has 1 unspecified atom stereocenters. The van der Waals surface area contributed by atoms with Crippen LogP contribution in [-0.2, 0) is 19.2 Å². The number of hydrogen-bond donors (Lipinski definition) is 4. The third-order valence-electron chi connectivity index (χ3n) is 9.40. The van der Waals surface area contributed by atoms with Gasteiger partial charge in [-0.25, -0.2) is 0 Å². The molecule has 9 nitrogen and oxygen atoms in total. The van der Waals surface area contributed by atoms with Gasteiger partial charge in [-0.15, -0.1) is 23.5 Å². The molecular weight excluding hydrogens is 657 g/mol. The number of thioether (sulfide) groups is 1. The maximum atomic E-state index is 14.5. The first-order chi connectivity index (χ1) is 23.8. The smallest absolute Gasteiger partial charge is 0.258 e. The Morgan fingerprint density at radius 3 is 2.39 bits per heavy atom. The zero-order valence-corrected chi connectivity index (χ0v) is 30.2. The Morgan fingerprint density at radius 1 is 1.04 bits per heavy atom. The molecule has 261 valence electrons. The van der Waals surface area contributed by atoms with E-state index in [1.807, 2.05) is 79.9 Å². The minimum atomic E-state index is -1.15. The van der Waals surface area contributed by atoms with E-state index in [1.165, 1.54) is 11.8 Å². The van der Waals surface area contributed by atoms with Crippen molar-refractivity contribution in [2.24, 2.45) is 11.3 Å². The molecule has 5 rings (SSSR count). The van der Waals surface area contributed by atoms with E-state index >= 15 is 0 Å². The number of ether oxygens (including phenoxy) is 1. The van der Waals surface area contributed by atoms with Crippen LogP contribution in [0.3, 0.4) is 0 Å². The number of benzene rings is 3. The standard InChI is InChI=1S/C38H47N4O5S2/c1-4-6-19-38(5-2)36(45)42(28-15-11-8-12-16-28)29-22-32(48-3)30(23-31(29)49-37(38)46)47-25-33(43)41-34(27-13-9-7-10-14-27)35(44)40-24-26-17-20-39-21-18-26/h7-16,22-23,26,34,39,49H,4-6,17-21,24-25H2,1-3H3,(H,40,44)(H,41,43)/t34-,38?/m1/s1.